The molecule has 2 rings (SSSR count). The third kappa shape index (κ3) is 4.06. The van der Waals surface area contributed by atoms with Gasteiger partial charge in [-0.05, 0) is 25.0 Å². The van der Waals surface area contributed by atoms with Crippen LogP contribution in [0.1, 0.15) is 23.2 Å². The van der Waals surface area contributed by atoms with Gasteiger partial charge in [0, 0.05) is 29.9 Å². The zero-order valence-corrected chi connectivity index (χ0v) is 13.1. The molecule has 0 aromatic heterocycles. The van der Waals surface area contributed by atoms with E-state index in [0.29, 0.717) is 32.1 Å². The predicted molar refractivity (Wildman–Crippen MR) is 75.8 cm³/mol. The van der Waals surface area contributed by atoms with Crippen LogP contribution in [0.2, 0.25) is 5.02 Å². The Morgan fingerprint density at radius 3 is 2.52 bits per heavy atom. The van der Waals surface area contributed by atoms with Crippen molar-refractivity contribution in [2.45, 2.75) is 23.8 Å². The van der Waals surface area contributed by atoms with Crippen LogP contribution in [0.5, 0.6) is 0 Å². The van der Waals surface area contributed by atoms with Gasteiger partial charge in [-0.1, -0.05) is 11.6 Å². The monoisotopic (exact) mass is 355 g/mol. The van der Waals surface area contributed by atoms with Gasteiger partial charge in [0.05, 0.1) is 15.5 Å². The molecule has 1 N–H and O–H groups in total. The molecular weight excluding hydrogens is 344 g/mol. The lowest BCUT2D eigenvalue weighted by Crippen LogP contribution is -2.39. The summed E-state index contributed by atoms with van der Waals surface area (Å²) in [5.41, 5.74) is -0.262. The van der Waals surface area contributed by atoms with Crippen molar-refractivity contribution in [1.82, 2.24) is 5.32 Å². The molecular formula is C12H12Cl2FNO4S. The molecule has 0 bridgehead atoms. The first-order valence-electron chi connectivity index (χ1n) is 6.11. The second-order valence-electron chi connectivity index (χ2n) is 4.56. The Hall–Kier alpha value is -0.890. The second kappa shape index (κ2) is 6.48. The molecule has 1 aromatic carbocycles. The zero-order chi connectivity index (χ0) is 15.6. The Bertz CT molecular complexity index is 659. The minimum absolute atomic E-state index is 0.123. The maximum atomic E-state index is 13.7. The molecule has 1 aliphatic heterocycles. The van der Waals surface area contributed by atoms with Crippen LogP contribution < -0.4 is 5.32 Å². The van der Waals surface area contributed by atoms with E-state index in [1.54, 1.807) is 0 Å². The van der Waals surface area contributed by atoms with Crippen LogP contribution in [0.25, 0.3) is 0 Å². The maximum absolute atomic E-state index is 13.7. The van der Waals surface area contributed by atoms with E-state index in [9.17, 15) is 17.6 Å². The number of amides is 1. The number of nitrogens with one attached hydrogen (secondary N) is 1. The van der Waals surface area contributed by atoms with E-state index in [-0.39, 0.29) is 11.6 Å². The highest BCUT2D eigenvalue weighted by atomic mass is 35.7. The molecule has 1 heterocycles. The number of carbonyl (C=O) groups is 1. The van der Waals surface area contributed by atoms with Crippen molar-refractivity contribution in [1.29, 1.82) is 0 Å². The summed E-state index contributed by atoms with van der Waals surface area (Å²) in [6.07, 6.45) is 1.25. The van der Waals surface area contributed by atoms with E-state index >= 15 is 0 Å². The Morgan fingerprint density at radius 1 is 1.33 bits per heavy atom. The molecule has 21 heavy (non-hydrogen) atoms. The topological polar surface area (TPSA) is 72.5 Å². The number of hydrogen-bond acceptors (Lipinski definition) is 4. The van der Waals surface area contributed by atoms with Crippen LogP contribution in [0, 0.1) is 5.82 Å². The Kier molecular flexibility index (Phi) is 5.08. The standard InChI is InChI=1S/C12H12Cl2FNO4S/c13-11-9(5-8(6-10(11)15)21(14,18)19)12(17)16-7-1-3-20-4-2-7/h5-7H,1-4H2,(H,16,17). The molecule has 1 aromatic rings. The van der Waals surface area contributed by atoms with E-state index in [1.807, 2.05) is 0 Å². The normalized spacial score (nSPS) is 16.7. The zero-order valence-electron chi connectivity index (χ0n) is 10.7. The van der Waals surface area contributed by atoms with Crippen LogP contribution in [0.4, 0.5) is 4.39 Å². The number of halogens is 3. The molecule has 0 atom stereocenters. The van der Waals surface area contributed by atoms with Crippen molar-refractivity contribution < 1.29 is 22.3 Å². The summed E-state index contributed by atoms with van der Waals surface area (Å²) in [4.78, 5) is 11.6. The van der Waals surface area contributed by atoms with Crippen LogP contribution in [-0.2, 0) is 13.8 Å². The van der Waals surface area contributed by atoms with Crippen molar-refractivity contribution >= 4 is 37.2 Å². The van der Waals surface area contributed by atoms with Gasteiger partial charge in [-0.25, -0.2) is 12.8 Å². The van der Waals surface area contributed by atoms with Crippen molar-refractivity contribution in [3.05, 3.63) is 28.5 Å². The average molecular weight is 356 g/mol. The van der Waals surface area contributed by atoms with Crippen molar-refractivity contribution in [3.63, 3.8) is 0 Å². The van der Waals surface area contributed by atoms with Crippen molar-refractivity contribution in [2.24, 2.45) is 0 Å². The third-order valence-electron chi connectivity index (χ3n) is 3.08. The number of rotatable bonds is 3. The summed E-state index contributed by atoms with van der Waals surface area (Å²) in [5, 5.41) is 2.23. The van der Waals surface area contributed by atoms with Gasteiger partial charge in [0.1, 0.15) is 5.82 Å². The van der Waals surface area contributed by atoms with Crippen LogP contribution in [0.3, 0.4) is 0 Å². The van der Waals surface area contributed by atoms with Crippen LogP contribution in [-0.4, -0.2) is 33.6 Å². The lowest BCUT2D eigenvalue weighted by molar-refractivity contribution is 0.0696. The summed E-state index contributed by atoms with van der Waals surface area (Å²) in [6.45, 7) is 1.03. The first kappa shape index (κ1) is 16.5. The lowest BCUT2D eigenvalue weighted by atomic mass is 10.1. The molecule has 1 fully saturated rings. The quantitative estimate of drug-likeness (QED) is 0.844. The van der Waals surface area contributed by atoms with Gasteiger partial charge in [0.15, 0.2) is 0 Å². The van der Waals surface area contributed by atoms with Gasteiger partial charge < -0.3 is 10.1 Å². The molecule has 0 unspecified atom stereocenters. The largest absolute Gasteiger partial charge is 0.381 e. The van der Waals surface area contributed by atoms with Crippen LogP contribution >= 0.6 is 22.3 Å². The van der Waals surface area contributed by atoms with E-state index in [4.69, 9.17) is 27.0 Å². The van der Waals surface area contributed by atoms with E-state index < -0.39 is 30.7 Å². The van der Waals surface area contributed by atoms with Gasteiger partial charge >= 0.3 is 0 Å². The Balaban J connectivity index is 2.29. The van der Waals surface area contributed by atoms with Gasteiger partial charge in [-0.3, -0.25) is 4.79 Å². The SMILES string of the molecule is O=C(NC1CCOCC1)c1cc(S(=O)(=O)Cl)cc(F)c1Cl. The first-order valence-corrected chi connectivity index (χ1v) is 8.80. The molecule has 0 saturated carbocycles. The highest BCUT2D eigenvalue weighted by Gasteiger charge is 2.23. The summed E-state index contributed by atoms with van der Waals surface area (Å²) in [5.74, 6) is -1.66. The van der Waals surface area contributed by atoms with Gasteiger partial charge in [0.25, 0.3) is 15.0 Å². The Labute approximate surface area is 130 Å². The fourth-order valence-electron chi connectivity index (χ4n) is 1.98. The van der Waals surface area contributed by atoms with Gasteiger partial charge in [-0.15, -0.1) is 0 Å². The molecule has 0 aliphatic carbocycles. The molecule has 116 valence electrons. The summed E-state index contributed by atoms with van der Waals surface area (Å²) in [6, 6.07) is 1.51. The number of ether oxygens (including phenoxy) is 1. The fourth-order valence-corrected chi connectivity index (χ4v) is 2.94. The molecule has 0 spiro atoms. The van der Waals surface area contributed by atoms with Gasteiger partial charge in [-0.2, -0.15) is 0 Å². The first-order chi connectivity index (χ1) is 9.79. The molecule has 0 radical (unpaired) electrons. The molecule has 9 heteroatoms. The summed E-state index contributed by atoms with van der Waals surface area (Å²) < 4.78 is 41.4. The van der Waals surface area contributed by atoms with E-state index in [2.05, 4.69) is 5.32 Å². The van der Waals surface area contributed by atoms with E-state index in [1.165, 1.54) is 0 Å². The maximum Gasteiger partial charge on any atom is 0.261 e. The average Bonchev–Trinajstić information content (AvgIpc) is 2.41. The predicted octanol–water partition coefficient (Wildman–Crippen LogP) is 2.32. The highest BCUT2D eigenvalue weighted by molar-refractivity contribution is 8.13. The smallest absolute Gasteiger partial charge is 0.261 e. The minimum atomic E-state index is -4.16. The number of hydrogen-bond donors (Lipinski definition) is 1. The molecule has 1 saturated heterocycles. The second-order valence-corrected chi connectivity index (χ2v) is 7.51. The van der Waals surface area contributed by atoms with Gasteiger partial charge in [0.2, 0.25) is 0 Å². The molecule has 5 nitrogen and oxygen atoms in total. The summed E-state index contributed by atoms with van der Waals surface area (Å²) >= 11 is 5.73. The Morgan fingerprint density at radius 2 is 1.95 bits per heavy atom. The molecule has 1 amide bonds. The summed E-state index contributed by atoms with van der Waals surface area (Å²) in [7, 11) is 1.01. The molecule has 1 aliphatic rings. The van der Waals surface area contributed by atoms with Crippen molar-refractivity contribution in [2.75, 3.05) is 13.2 Å². The third-order valence-corrected chi connectivity index (χ3v) is 4.80. The number of carbonyl (C=O) groups excluding carboxylic acids is 1. The number of benzene rings is 1. The van der Waals surface area contributed by atoms with Crippen LogP contribution in [0.15, 0.2) is 17.0 Å². The van der Waals surface area contributed by atoms with E-state index in [0.717, 1.165) is 6.07 Å². The fraction of sp³-hybridized carbons (Fsp3) is 0.417. The lowest BCUT2D eigenvalue weighted by Gasteiger charge is -2.23. The van der Waals surface area contributed by atoms with Crippen molar-refractivity contribution in [3.8, 4) is 0 Å². The highest BCUT2D eigenvalue weighted by Crippen LogP contribution is 2.26. The minimum Gasteiger partial charge on any atom is -0.381 e.